The van der Waals surface area contributed by atoms with E-state index in [9.17, 15) is 4.79 Å². The molecule has 3 nitrogen and oxygen atoms in total. The van der Waals surface area contributed by atoms with E-state index in [0.717, 1.165) is 18.5 Å². The fraction of sp³-hybridized carbons (Fsp3) is 0.462. The Bertz CT molecular complexity index is 368. The van der Waals surface area contributed by atoms with E-state index < -0.39 is 0 Å². The molecule has 0 aromatic heterocycles. The number of hydrogen-bond acceptors (Lipinski definition) is 2. The van der Waals surface area contributed by atoms with Gasteiger partial charge in [0.1, 0.15) is 0 Å². The molecule has 0 bridgehead atoms. The highest BCUT2D eigenvalue weighted by molar-refractivity contribution is 6.30. The zero-order chi connectivity index (χ0) is 12.7. The maximum atomic E-state index is 11.4. The van der Waals surface area contributed by atoms with Crippen molar-refractivity contribution in [1.29, 1.82) is 0 Å². The van der Waals surface area contributed by atoms with Crippen molar-refractivity contribution in [3.8, 4) is 0 Å². The van der Waals surface area contributed by atoms with E-state index in [1.807, 2.05) is 38.1 Å². The minimum absolute atomic E-state index is 0.0285. The van der Waals surface area contributed by atoms with Crippen LogP contribution in [0.15, 0.2) is 24.3 Å². The molecule has 0 aliphatic carbocycles. The van der Waals surface area contributed by atoms with Crippen LogP contribution in [0.2, 0.25) is 5.02 Å². The van der Waals surface area contributed by atoms with Gasteiger partial charge in [-0.15, -0.1) is 0 Å². The van der Waals surface area contributed by atoms with Crippen LogP contribution in [-0.2, 0) is 4.79 Å². The molecule has 0 unspecified atom stereocenters. The lowest BCUT2D eigenvalue weighted by molar-refractivity contribution is -0.120. The van der Waals surface area contributed by atoms with Gasteiger partial charge >= 0.3 is 0 Å². The van der Waals surface area contributed by atoms with Gasteiger partial charge in [-0.05, 0) is 31.0 Å². The molecule has 1 atom stereocenters. The predicted molar refractivity (Wildman–Crippen MR) is 71.2 cm³/mol. The summed E-state index contributed by atoms with van der Waals surface area (Å²) in [5.74, 6) is 0.0285. The van der Waals surface area contributed by atoms with Crippen molar-refractivity contribution in [3.05, 3.63) is 34.9 Å². The highest BCUT2D eigenvalue weighted by atomic mass is 35.5. The van der Waals surface area contributed by atoms with Crippen molar-refractivity contribution in [3.63, 3.8) is 0 Å². The molecule has 1 aromatic rings. The standard InChI is InChI=1S/C13H19ClN2O/c1-3-7-15-13(17)9-16-10(2)11-5-4-6-12(14)8-11/h4-6,8,10,16H,3,7,9H2,1-2H3,(H,15,17)/t10-/m0/s1. The van der Waals surface area contributed by atoms with Crippen molar-refractivity contribution >= 4 is 17.5 Å². The molecule has 1 aromatic carbocycles. The van der Waals surface area contributed by atoms with Gasteiger partial charge in [-0.1, -0.05) is 30.7 Å². The normalized spacial score (nSPS) is 12.2. The third-order valence-corrected chi connectivity index (χ3v) is 2.72. The summed E-state index contributed by atoms with van der Waals surface area (Å²) in [5.41, 5.74) is 1.08. The van der Waals surface area contributed by atoms with Gasteiger partial charge in [-0.2, -0.15) is 0 Å². The average molecular weight is 255 g/mol. The topological polar surface area (TPSA) is 41.1 Å². The van der Waals surface area contributed by atoms with E-state index in [1.165, 1.54) is 0 Å². The third kappa shape index (κ3) is 5.20. The lowest BCUT2D eigenvalue weighted by atomic mass is 10.1. The van der Waals surface area contributed by atoms with E-state index in [-0.39, 0.29) is 11.9 Å². The van der Waals surface area contributed by atoms with E-state index in [2.05, 4.69) is 10.6 Å². The van der Waals surface area contributed by atoms with Gasteiger partial charge < -0.3 is 10.6 Å². The van der Waals surface area contributed by atoms with Gasteiger partial charge in [0.05, 0.1) is 6.54 Å². The van der Waals surface area contributed by atoms with E-state index in [0.29, 0.717) is 11.6 Å². The Kier molecular flexibility index (Phi) is 6.01. The van der Waals surface area contributed by atoms with Crippen LogP contribution in [0.1, 0.15) is 31.9 Å². The second kappa shape index (κ2) is 7.30. The second-order valence-electron chi connectivity index (χ2n) is 4.01. The summed E-state index contributed by atoms with van der Waals surface area (Å²) in [6, 6.07) is 7.76. The lowest BCUT2D eigenvalue weighted by Gasteiger charge is -2.14. The zero-order valence-electron chi connectivity index (χ0n) is 10.3. The Morgan fingerprint density at radius 1 is 1.47 bits per heavy atom. The third-order valence-electron chi connectivity index (χ3n) is 2.49. The molecule has 0 aliphatic rings. The number of amides is 1. The Labute approximate surface area is 108 Å². The largest absolute Gasteiger partial charge is 0.355 e. The number of carbonyl (C=O) groups is 1. The van der Waals surface area contributed by atoms with Gasteiger partial charge in [-0.25, -0.2) is 0 Å². The van der Waals surface area contributed by atoms with Crippen LogP contribution in [0, 0.1) is 0 Å². The number of hydrogen-bond donors (Lipinski definition) is 2. The van der Waals surface area contributed by atoms with Crippen LogP contribution in [0.4, 0.5) is 0 Å². The van der Waals surface area contributed by atoms with E-state index in [1.54, 1.807) is 0 Å². The Hall–Kier alpha value is -1.06. The molecule has 0 fully saturated rings. The quantitative estimate of drug-likeness (QED) is 0.819. The molecule has 1 amide bonds. The van der Waals surface area contributed by atoms with E-state index in [4.69, 9.17) is 11.6 Å². The van der Waals surface area contributed by atoms with Crippen molar-refractivity contribution in [2.45, 2.75) is 26.3 Å². The van der Waals surface area contributed by atoms with Crippen LogP contribution in [0.25, 0.3) is 0 Å². The molecular formula is C13H19ClN2O. The SMILES string of the molecule is CCCNC(=O)CN[C@@H](C)c1cccc(Cl)c1. The minimum atomic E-state index is 0.0285. The molecular weight excluding hydrogens is 236 g/mol. The summed E-state index contributed by atoms with van der Waals surface area (Å²) in [6.45, 7) is 5.10. The maximum absolute atomic E-state index is 11.4. The highest BCUT2D eigenvalue weighted by Gasteiger charge is 2.07. The van der Waals surface area contributed by atoms with Crippen molar-refractivity contribution in [2.75, 3.05) is 13.1 Å². The smallest absolute Gasteiger partial charge is 0.233 e. The van der Waals surface area contributed by atoms with Gasteiger partial charge in [-0.3, -0.25) is 4.79 Å². The molecule has 0 saturated heterocycles. The number of nitrogens with one attached hydrogen (secondary N) is 2. The average Bonchev–Trinajstić information content (AvgIpc) is 2.33. The Balaban J connectivity index is 2.39. The lowest BCUT2D eigenvalue weighted by Crippen LogP contribution is -2.35. The summed E-state index contributed by atoms with van der Waals surface area (Å²) in [7, 11) is 0. The summed E-state index contributed by atoms with van der Waals surface area (Å²) in [5, 5.41) is 6.70. The van der Waals surface area contributed by atoms with Crippen LogP contribution in [-0.4, -0.2) is 19.0 Å². The molecule has 0 spiro atoms. The molecule has 0 radical (unpaired) electrons. The molecule has 0 saturated carbocycles. The van der Waals surface area contributed by atoms with E-state index >= 15 is 0 Å². The van der Waals surface area contributed by atoms with Gasteiger partial charge in [0.2, 0.25) is 5.91 Å². The second-order valence-corrected chi connectivity index (χ2v) is 4.44. The maximum Gasteiger partial charge on any atom is 0.233 e. The zero-order valence-corrected chi connectivity index (χ0v) is 11.1. The van der Waals surface area contributed by atoms with Crippen LogP contribution >= 0.6 is 11.6 Å². The first kappa shape index (κ1) is 14.0. The first-order valence-corrected chi connectivity index (χ1v) is 6.26. The van der Waals surface area contributed by atoms with Gasteiger partial charge in [0.25, 0.3) is 0 Å². The van der Waals surface area contributed by atoms with Crippen molar-refractivity contribution < 1.29 is 4.79 Å². The first-order valence-electron chi connectivity index (χ1n) is 5.89. The molecule has 94 valence electrons. The van der Waals surface area contributed by atoms with Crippen LogP contribution < -0.4 is 10.6 Å². The number of halogens is 1. The monoisotopic (exact) mass is 254 g/mol. The van der Waals surface area contributed by atoms with Crippen molar-refractivity contribution in [2.24, 2.45) is 0 Å². The molecule has 0 heterocycles. The summed E-state index contributed by atoms with van der Waals surface area (Å²) < 4.78 is 0. The molecule has 0 aliphatic heterocycles. The Morgan fingerprint density at radius 2 is 2.24 bits per heavy atom. The summed E-state index contributed by atoms with van der Waals surface area (Å²) in [4.78, 5) is 11.4. The predicted octanol–water partition coefficient (Wildman–Crippen LogP) is 2.52. The fourth-order valence-corrected chi connectivity index (χ4v) is 1.67. The van der Waals surface area contributed by atoms with Crippen LogP contribution in [0.5, 0.6) is 0 Å². The number of benzene rings is 1. The first-order chi connectivity index (χ1) is 8.13. The van der Waals surface area contributed by atoms with Crippen LogP contribution in [0.3, 0.4) is 0 Å². The summed E-state index contributed by atoms with van der Waals surface area (Å²) >= 11 is 5.91. The molecule has 4 heteroatoms. The molecule has 2 N–H and O–H groups in total. The molecule has 17 heavy (non-hydrogen) atoms. The van der Waals surface area contributed by atoms with Gasteiger partial charge in [0.15, 0.2) is 0 Å². The van der Waals surface area contributed by atoms with Crippen molar-refractivity contribution in [1.82, 2.24) is 10.6 Å². The van der Waals surface area contributed by atoms with Gasteiger partial charge in [0, 0.05) is 17.6 Å². The fourth-order valence-electron chi connectivity index (χ4n) is 1.47. The minimum Gasteiger partial charge on any atom is -0.355 e. The molecule has 1 rings (SSSR count). The Morgan fingerprint density at radius 3 is 2.88 bits per heavy atom. The number of rotatable bonds is 6. The highest BCUT2D eigenvalue weighted by Crippen LogP contribution is 2.16. The number of carbonyl (C=O) groups excluding carboxylic acids is 1. The summed E-state index contributed by atoms with van der Waals surface area (Å²) in [6.07, 6.45) is 0.954.